The maximum atomic E-state index is 5.73. The van der Waals surface area contributed by atoms with E-state index < -0.39 is 0 Å². The summed E-state index contributed by atoms with van der Waals surface area (Å²) in [5.74, 6) is 2.24. The van der Waals surface area contributed by atoms with Crippen molar-refractivity contribution in [3.05, 3.63) is 59.9 Å². The molecule has 1 aromatic rings. The van der Waals surface area contributed by atoms with Crippen molar-refractivity contribution in [3.63, 3.8) is 0 Å². The maximum Gasteiger partial charge on any atom is 0.127 e. The predicted molar refractivity (Wildman–Crippen MR) is 80.6 cm³/mol. The minimum atomic E-state index is 0.670. The van der Waals surface area contributed by atoms with Gasteiger partial charge in [0.1, 0.15) is 17.3 Å². The lowest BCUT2D eigenvalue weighted by atomic mass is 10.1. The average Bonchev–Trinajstić information content (AvgIpc) is 2.44. The summed E-state index contributed by atoms with van der Waals surface area (Å²) in [4.78, 5) is 0. The second-order valence-electron chi connectivity index (χ2n) is 4.32. The highest BCUT2D eigenvalue weighted by Crippen LogP contribution is 2.22. The normalized spacial score (nSPS) is 12.2. The maximum absolute atomic E-state index is 5.73. The molecule has 1 aromatic carbocycles. The van der Waals surface area contributed by atoms with Crippen LogP contribution in [0.1, 0.15) is 27.2 Å². The van der Waals surface area contributed by atoms with Crippen molar-refractivity contribution in [1.82, 2.24) is 0 Å². The third-order valence-electron chi connectivity index (χ3n) is 2.91. The summed E-state index contributed by atoms with van der Waals surface area (Å²) in [6.45, 7) is 10.2. The summed E-state index contributed by atoms with van der Waals surface area (Å²) in [6, 6.07) is 7.47. The van der Waals surface area contributed by atoms with Crippen LogP contribution in [0.3, 0.4) is 0 Å². The van der Waals surface area contributed by atoms with Gasteiger partial charge in [-0.15, -0.1) is 0 Å². The summed E-state index contributed by atoms with van der Waals surface area (Å²) in [5, 5.41) is 0. The van der Waals surface area contributed by atoms with Gasteiger partial charge >= 0.3 is 0 Å². The van der Waals surface area contributed by atoms with Gasteiger partial charge in [0.05, 0.1) is 7.11 Å². The molecule has 0 amide bonds. The topological polar surface area (TPSA) is 18.5 Å². The Labute approximate surface area is 116 Å². The van der Waals surface area contributed by atoms with Gasteiger partial charge in [-0.3, -0.25) is 0 Å². The van der Waals surface area contributed by atoms with Crippen molar-refractivity contribution >= 4 is 0 Å². The van der Waals surface area contributed by atoms with Crippen LogP contribution in [-0.4, -0.2) is 7.11 Å². The van der Waals surface area contributed by atoms with Gasteiger partial charge in [-0.2, -0.15) is 0 Å². The van der Waals surface area contributed by atoms with E-state index >= 15 is 0 Å². The van der Waals surface area contributed by atoms with Crippen LogP contribution in [0.2, 0.25) is 0 Å². The van der Waals surface area contributed by atoms with E-state index in [9.17, 15) is 0 Å². The highest BCUT2D eigenvalue weighted by atomic mass is 16.5. The van der Waals surface area contributed by atoms with Crippen molar-refractivity contribution in [3.8, 4) is 11.5 Å². The third-order valence-corrected chi connectivity index (χ3v) is 2.91. The molecule has 0 radical (unpaired) electrons. The molecule has 0 N–H and O–H groups in total. The first-order valence-electron chi connectivity index (χ1n) is 6.43. The van der Waals surface area contributed by atoms with Crippen molar-refractivity contribution in [2.24, 2.45) is 0 Å². The molecule has 0 atom stereocenters. The Morgan fingerprint density at radius 3 is 2.26 bits per heavy atom. The molecule has 102 valence electrons. The fourth-order valence-electron chi connectivity index (χ4n) is 1.50. The van der Waals surface area contributed by atoms with Crippen LogP contribution in [0.15, 0.2) is 59.9 Å². The van der Waals surface area contributed by atoms with Crippen LogP contribution < -0.4 is 9.47 Å². The van der Waals surface area contributed by atoms with Crippen molar-refractivity contribution in [1.29, 1.82) is 0 Å². The molecule has 0 bridgehead atoms. The summed E-state index contributed by atoms with van der Waals surface area (Å²) in [5.41, 5.74) is 2.22. The molecule has 0 fully saturated rings. The molecule has 0 heterocycles. The SMILES string of the molecule is C=C(Oc1ccc(OC)cc1)/C(C)=C(C)/C=C\CC. The molecule has 19 heavy (non-hydrogen) atoms. The summed E-state index contributed by atoms with van der Waals surface area (Å²) >= 11 is 0. The monoisotopic (exact) mass is 258 g/mol. The Bertz CT molecular complexity index is 478. The van der Waals surface area contributed by atoms with E-state index in [1.54, 1.807) is 7.11 Å². The van der Waals surface area contributed by atoms with E-state index in [-0.39, 0.29) is 0 Å². The number of methoxy groups -OCH3 is 1. The molecule has 0 saturated carbocycles. The van der Waals surface area contributed by atoms with Crippen LogP contribution in [0, 0.1) is 0 Å². The minimum absolute atomic E-state index is 0.670. The Morgan fingerprint density at radius 1 is 1.16 bits per heavy atom. The van der Waals surface area contributed by atoms with Crippen LogP contribution in [0.4, 0.5) is 0 Å². The zero-order chi connectivity index (χ0) is 14.3. The van der Waals surface area contributed by atoms with E-state index in [1.807, 2.05) is 31.2 Å². The number of benzene rings is 1. The van der Waals surface area contributed by atoms with Crippen molar-refractivity contribution in [2.75, 3.05) is 7.11 Å². The molecule has 0 aliphatic heterocycles. The second-order valence-corrected chi connectivity index (χ2v) is 4.32. The van der Waals surface area contributed by atoms with Crippen molar-refractivity contribution < 1.29 is 9.47 Å². The zero-order valence-electron chi connectivity index (χ0n) is 12.2. The molecule has 0 aliphatic rings. The minimum Gasteiger partial charge on any atom is -0.497 e. The van der Waals surface area contributed by atoms with Crippen molar-refractivity contribution in [2.45, 2.75) is 27.2 Å². The molecule has 0 aromatic heterocycles. The molecule has 0 unspecified atom stereocenters. The van der Waals surface area contributed by atoms with Gasteiger partial charge in [0.25, 0.3) is 0 Å². The summed E-state index contributed by atoms with van der Waals surface area (Å²) in [7, 11) is 1.64. The molecule has 0 spiro atoms. The zero-order valence-corrected chi connectivity index (χ0v) is 12.2. The number of hydrogen-bond acceptors (Lipinski definition) is 2. The fourth-order valence-corrected chi connectivity index (χ4v) is 1.50. The fraction of sp³-hybridized carbons (Fsp3) is 0.294. The van der Waals surface area contributed by atoms with Gasteiger partial charge < -0.3 is 9.47 Å². The van der Waals surface area contributed by atoms with E-state index in [1.165, 1.54) is 5.57 Å². The Kier molecular flexibility index (Phi) is 5.94. The van der Waals surface area contributed by atoms with Crippen LogP contribution in [0.5, 0.6) is 11.5 Å². The Balaban J connectivity index is 2.75. The lowest BCUT2D eigenvalue weighted by Crippen LogP contribution is -1.97. The van der Waals surface area contributed by atoms with E-state index in [4.69, 9.17) is 9.47 Å². The standard InChI is InChI=1S/C17H22O2/c1-6-7-8-13(2)14(3)15(4)19-17-11-9-16(18-5)10-12-17/h7-12H,4,6H2,1-3,5H3/b8-7-,14-13+. The number of hydrogen-bond donors (Lipinski definition) is 0. The van der Waals surface area contributed by atoms with E-state index in [0.29, 0.717) is 5.76 Å². The molecule has 2 heteroatoms. The van der Waals surface area contributed by atoms with E-state index in [0.717, 1.165) is 23.5 Å². The van der Waals surface area contributed by atoms with Gasteiger partial charge in [-0.1, -0.05) is 25.7 Å². The predicted octanol–water partition coefficient (Wildman–Crippen LogP) is 4.89. The summed E-state index contributed by atoms with van der Waals surface area (Å²) < 4.78 is 10.8. The summed E-state index contributed by atoms with van der Waals surface area (Å²) in [6.07, 6.45) is 5.24. The quantitative estimate of drug-likeness (QED) is 0.534. The largest absolute Gasteiger partial charge is 0.497 e. The van der Waals surface area contributed by atoms with Gasteiger partial charge in [0.2, 0.25) is 0 Å². The molecular formula is C17H22O2. The third kappa shape index (κ3) is 4.66. The van der Waals surface area contributed by atoms with Crippen LogP contribution in [-0.2, 0) is 0 Å². The van der Waals surface area contributed by atoms with E-state index in [2.05, 4.69) is 32.6 Å². The molecule has 0 saturated heterocycles. The van der Waals surface area contributed by atoms with Gasteiger partial charge in [-0.25, -0.2) is 0 Å². The van der Waals surface area contributed by atoms with Crippen LogP contribution in [0.25, 0.3) is 0 Å². The Hall–Kier alpha value is -1.96. The number of allylic oxidation sites excluding steroid dienone is 4. The lowest BCUT2D eigenvalue weighted by Gasteiger charge is -2.11. The second kappa shape index (κ2) is 7.47. The van der Waals surface area contributed by atoms with Gasteiger partial charge in [0, 0.05) is 0 Å². The molecular weight excluding hydrogens is 236 g/mol. The number of rotatable bonds is 6. The highest BCUT2D eigenvalue weighted by molar-refractivity contribution is 5.37. The highest BCUT2D eigenvalue weighted by Gasteiger charge is 2.03. The average molecular weight is 258 g/mol. The first kappa shape index (κ1) is 15.1. The molecule has 2 nitrogen and oxygen atoms in total. The van der Waals surface area contributed by atoms with Crippen LogP contribution >= 0.6 is 0 Å². The smallest absolute Gasteiger partial charge is 0.127 e. The van der Waals surface area contributed by atoms with Gasteiger partial charge in [0.15, 0.2) is 0 Å². The first-order valence-corrected chi connectivity index (χ1v) is 6.43. The molecule has 1 rings (SSSR count). The first-order chi connectivity index (χ1) is 9.08. The molecule has 0 aliphatic carbocycles. The number of ether oxygens (including phenoxy) is 2. The van der Waals surface area contributed by atoms with Gasteiger partial charge in [-0.05, 0) is 55.7 Å². The Morgan fingerprint density at radius 2 is 1.74 bits per heavy atom. The lowest BCUT2D eigenvalue weighted by molar-refractivity contribution is 0.410.